The van der Waals surface area contributed by atoms with E-state index in [0.717, 1.165) is 38.4 Å². The molecular formula is C36H41BN2O7. The fraction of sp³-hybridized carbons (Fsp3) is 0.361. The smallest absolute Gasteiger partial charge is 0.488 e. The minimum atomic E-state index is -1.76. The highest BCUT2D eigenvalue weighted by atomic mass is 16.4. The van der Waals surface area contributed by atoms with Crippen LogP contribution >= 0.6 is 0 Å². The average Bonchev–Trinajstić information content (AvgIpc) is 3.29. The van der Waals surface area contributed by atoms with Gasteiger partial charge in [0.25, 0.3) is 0 Å². The Morgan fingerprint density at radius 2 is 1.76 bits per heavy atom. The zero-order valence-corrected chi connectivity index (χ0v) is 26.6. The molecule has 240 valence electrons. The van der Waals surface area contributed by atoms with Gasteiger partial charge in [0.1, 0.15) is 5.75 Å². The number of hydrogen-bond acceptors (Lipinski definition) is 8. The molecule has 2 aliphatic rings. The molecular weight excluding hydrogens is 583 g/mol. The Labute approximate surface area is 269 Å². The van der Waals surface area contributed by atoms with Crippen molar-refractivity contribution in [1.29, 1.82) is 0 Å². The van der Waals surface area contributed by atoms with Gasteiger partial charge in [-0.25, -0.2) is 0 Å². The van der Waals surface area contributed by atoms with Crippen LogP contribution in [-0.2, 0) is 9.59 Å². The summed E-state index contributed by atoms with van der Waals surface area (Å²) in [5.41, 5.74) is 5.90. The predicted molar refractivity (Wildman–Crippen MR) is 178 cm³/mol. The molecule has 2 aromatic carbocycles. The maximum Gasteiger partial charge on any atom is 0.488 e. The van der Waals surface area contributed by atoms with Crippen LogP contribution in [0.1, 0.15) is 55.5 Å². The Morgan fingerprint density at radius 3 is 2.37 bits per heavy atom. The van der Waals surface area contributed by atoms with Gasteiger partial charge in [-0.1, -0.05) is 37.6 Å². The molecule has 5 rings (SSSR count). The highest BCUT2D eigenvalue weighted by Gasteiger charge is 2.55. The summed E-state index contributed by atoms with van der Waals surface area (Å²) in [4.78, 5) is 33.3. The Hall–Kier alpha value is -4.09. The van der Waals surface area contributed by atoms with Crippen molar-refractivity contribution in [1.82, 2.24) is 4.98 Å². The molecule has 9 nitrogen and oxygen atoms in total. The predicted octanol–water partition coefficient (Wildman–Crippen LogP) is 3.54. The van der Waals surface area contributed by atoms with Gasteiger partial charge >= 0.3 is 7.12 Å². The number of aliphatic hydroxyl groups is 2. The second kappa shape index (κ2) is 13.7. The third kappa shape index (κ3) is 6.44. The number of nitrogens with zero attached hydrogens (tertiary/aromatic N) is 2. The summed E-state index contributed by atoms with van der Waals surface area (Å²) in [6, 6.07) is 15.5. The average molecular weight is 625 g/mol. The topological polar surface area (TPSA) is 151 Å². The summed E-state index contributed by atoms with van der Waals surface area (Å²) in [6.07, 6.45) is 3.73. The molecule has 0 bridgehead atoms. The molecule has 0 saturated carbocycles. The number of pyridine rings is 1. The third-order valence-corrected chi connectivity index (χ3v) is 9.33. The van der Waals surface area contributed by atoms with E-state index < -0.39 is 49.4 Å². The Morgan fingerprint density at radius 1 is 1.04 bits per heavy atom. The largest absolute Gasteiger partial charge is 0.507 e. The van der Waals surface area contributed by atoms with E-state index in [2.05, 4.69) is 4.98 Å². The van der Waals surface area contributed by atoms with E-state index in [1.165, 1.54) is 12.1 Å². The fourth-order valence-corrected chi connectivity index (χ4v) is 7.07. The van der Waals surface area contributed by atoms with Gasteiger partial charge in [-0.2, -0.15) is 0 Å². The van der Waals surface area contributed by atoms with Crippen LogP contribution in [0.5, 0.6) is 5.75 Å². The van der Waals surface area contributed by atoms with Crippen molar-refractivity contribution in [2.75, 3.05) is 11.5 Å². The molecule has 1 fully saturated rings. The summed E-state index contributed by atoms with van der Waals surface area (Å²) < 4.78 is 0. The van der Waals surface area contributed by atoms with Crippen molar-refractivity contribution in [3.05, 3.63) is 94.3 Å². The molecule has 0 unspecified atom stereocenters. The summed E-state index contributed by atoms with van der Waals surface area (Å²) >= 11 is 0. The zero-order chi connectivity index (χ0) is 33.3. The van der Waals surface area contributed by atoms with Gasteiger partial charge in [-0.05, 0) is 115 Å². The first-order valence-corrected chi connectivity index (χ1v) is 15.7. The number of imide groups is 1. The Balaban J connectivity index is 1.47. The second-order valence-corrected chi connectivity index (χ2v) is 12.7. The highest BCUT2D eigenvalue weighted by molar-refractivity contribution is 6.58. The molecule has 1 saturated heterocycles. The molecule has 1 aromatic heterocycles. The number of aryl methyl sites for hydroxylation is 2. The van der Waals surface area contributed by atoms with Gasteiger partial charge in [0.15, 0.2) is 0 Å². The molecule has 4 atom stereocenters. The van der Waals surface area contributed by atoms with E-state index in [1.54, 1.807) is 18.3 Å². The lowest BCUT2D eigenvalue weighted by Gasteiger charge is -2.38. The summed E-state index contributed by atoms with van der Waals surface area (Å²) in [7, 11) is -1.76. The van der Waals surface area contributed by atoms with Crippen LogP contribution in [0, 0.1) is 37.5 Å². The summed E-state index contributed by atoms with van der Waals surface area (Å²) in [6.45, 7) is 7.24. The molecule has 2 amide bonds. The highest BCUT2D eigenvalue weighted by Crippen LogP contribution is 2.49. The number of phenolic OH excluding ortho intramolecular Hbond substituents is 1. The van der Waals surface area contributed by atoms with E-state index in [-0.39, 0.29) is 29.2 Å². The minimum absolute atomic E-state index is 0.0433. The zero-order valence-electron chi connectivity index (χ0n) is 26.6. The Kier molecular flexibility index (Phi) is 9.93. The minimum Gasteiger partial charge on any atom is -0.507 e. The first-order valence-electron chi connectivity index (χ1n) is 15.7. The summed E-state index contributed by atoms with van der Waals surface area (Å²) in [5.74, 6) is -2.99. The van der Waals surface area contributed by atoms with Crippen molar-refractivity contribution < 1.29 is 35.0 Å². The number of rotatable bonds is 10. The third-order valence-electron chi connectivity index (χ3n) is 9.33. The van der Waals surface area contributed by atoms with Crippen LogP contribution in [0.3, 0.4) is 0 Å². The summed E-state index contributed by atoms with van der Waals surface area (Å²) in [5, 5.41) is 52.1. The van der Waals surface area contributed by atoms with Gasteiger partial charge in [0.2, 0.25) is 11.8 Å². The maximum atomic E-state index is 13.9. The van der Waals surface area contributed by atoms with E-state index in [0.29, 0.717) is 18.4 Å². The first-order chi connectivity index (χ1) is 21.9. The number of allylic oxidation sites excluding steroid dienone is 2. The molecule has 5 N–H and O–H groups in total. The van der Waals surface area contributed by atoms with Crippen molar-refractivity contribution in [3.63, 3.8) is 0 Å². The number of anilines is 1. The second-order valence-electron chi connectivity index (χ2n) is 12.7. The van der Waals surface area contributed by atoms with Crippen LogP contribution in [0.2, 0.25) is 0 Å². The number of benzene rings is 2. The van der Waals surface area contributed by atoms with Crippen LogP contribution in [0.25, 0.3) is 11.6 Å². The Bertz CT molecular complexity index is 1660. The van der Waals surface area contributed by atoms with Gasteiger partial charge in [0.05, 0.1) is 35.9 Å². The first kappa shape index (κ1) is 33.3. The number of aromatic nitrogens is 1. The molecule has 0 spiro atoms. The molecule has 2 heterocycles. The van der Waals surface area contributed by atoms with E-state index in [1.807, 2.05) is 64.1 Å². The number of fused-ring (bicyclic) bond motifs is 1. The number of carbonyl (C=O) groups excluding carboxylic acids is 2. The number of aromatic hydroxyl groups is 1. The molecule has 0 radical (unpaired) electrons. The number of hydrogen-bond donors (Lipinski definition) is 5. The van der Waals surface area contributed by atoms with Crippen molar-refractivity contribution in [2.45, 2.75) is 53.1 Å². The van der Waals surface area contributed by atoms with Crippen molar-refractivity contribution in [3.8, 4) is 5.75 Å². The lowest BCUT2D eigenvalue weighted by molar-refractivity contribution is -0.123. The standard InChI is InChI=1S/C36H41BN2O7/c1-20(2)27-18-28-33(36(44)39(35(28)43)26-9-7-8-25(17-26)37(45)46)29(19-40)32(27)31(41)12-11-24(30-10-5-6-13-38-30)16-23-14-21(3)34(42)22(4)15-23/h5-10,13-17,20,28-29,31,33,40-42,45-46H,11-12,18-19H2,1-4H3/b24-16-/t28-,29+,31-,33-/m1/s1. The number of amides is 2. The van der Waals surface area contributed by atoms with Gasteiger partial charge < -0.3 is 25.4 Å². The molecule has 1 aliphatic heterocycles. The molecule has 46 heavy (non-hydrogen) atoms. The number of carbonyl (C=O) groups is 2. The van der Waals surface area contributed by atoms with Gasteiger partial charge in [-0.15, -0.1) is 0 Å². The van der Waals surface area contributed by atoms with Crippen LogP contribution in [0.15, 0.2) is 71.9 Å². The molecule has 10 heteroatoms. The van der Waals surface area contributed by atoms with Crippen molar-refractivity contribution in [2.24, 2.45) is 23.7 Å². The molecule has 1 aliphatic carbocycles. The lowest BCUT2D eigenvalue weighted by atomic mass is 9.66. The lowest BCUT2D eigenvalue weighted by Crippen LogP contribution is -2.40. The monoisotopic (exact) mass is 624 g/mol. The van der Waals surface area contributed by atoms with Crippen LogP contribution in [-0.4, -0.2) is 62.0 Å². The SMILES string of the molecule is Cc1cc(/C=C(/CC[C@@H](O)C2=C(C(C)C)C[C@H]3C(=O)N(c4cccc(B(O)O)c4)C(=O)[C@H]3[C@H]2CO)c2ccccn2)cc(C)c1O. The number of aliphatic hydroxyl groups excluding tert-OH is 2. The quantitative estimate of drug-likeness (QED) is 0.131. The van der Waals surface area contributed by atoms with E-state index in [4.69, 9.17) is 0 Å². The molecule has 3 aromatic rings. The van der Waals surface area contributed by atoms with E-state index >= 15 is 0 Å². The maximum absolute atomic E-state index is 13.9. The number of phenols is 1. The van der Waals surface area contributed by atoms with E-state index in [9.17, 15) is 35.0 Å². The van der Waals surface area contributed by atoms with Gasteiger partial charge in [-0.3, -0.25) is 19.5 Å². The fourth-order valence-electron chi connectivity index (χ4n) is 7.07. The van der Waals surface area contributed by atoms with Gasteiger partial charge in [0, 0.05) is 12.1 Å². The van der Waals surface area contributed by atoms with Crippen LogP contribution < -0.4 is 10.4 Å². The van der Waals surface area contributed by atoms with Crippen LogP contribution in [0.4, 0.5) is 5.69 Å². The van der Waals surface area contributed by atoms with Crippen molar-refractivity contribution >= 4 is 41.7 Å². The normalized spacial score (nSPS) is 20.8.